The van der Waals surface area contributed by atoms with E-state index in [1.54, 1.807) is 11.3 Å². The van der Waals surface area contributed by atoms with E-state index in [9.17, 15) is 0 Å². The van der Waals surface area contributed by atoms with Crippen LogP contribution in [0.15, 0.2) is 29.6 Å². The van der Waals surface area contributed by atoms with E-state index in [4.69, 9.17) is 17.3 Å². The molecule has 0 fully saturated rings. The molecule has 0 amide bonds. The summed E-state index contributed by atoms with van der Waals surface area (Å²) >= 11 is 7.93. The van der Waals surface area contributed by atoms with Gasteiger partial charge in [0.25, 0.3) is 0 Å². The lowest BCUT2D eigenvalue weighted by molar-refractivity contribution is 0.732. The average molecular weight is 294 g/mol. The fraction of sp³-hybridized carbons (Fsp3) is 0.375. The quantitative estimate of drug-likeness (QED) is 0.816. The summed E-state index contributed by atoms with van der Waals surface area (Å²) in [6.45, 7) is 6.47. The van der Waals surface area contributed by atoms with Crippen LogP contribution >= 0.6 is 22.9 Å². The molecule has 0 aliphatic rings. The molecule has 2 rings (SSSR count). The zero-order valence-electron chi connectivity index (χ0n) is 11.6. The molecule has 2 unspecified atom stereocenters. The molecule has 0 saturated carbocycles. The first-order chi connectivity index (χ1) is 9.04. The Bertz CT molecular complexity index is 544. The monoisotopic (exact) mass is 293 g/mol. The van der Waals surface area contributed by atoms with E-state index in [1.165, 1.54) is 5.56 Å². The molecule has 0 radical (unpaired) electrons. The van der Waals surface area contributed by atoms with Crippen molar-refractivity contribution < 1.29 is 0 Å². The highest BCUT2D eigenvalue weighted by molar-refractivity contribution is 7.10. The molecule has 2 atom stereocenters. The first kappa shape index (κ1) is 14.6. The molecule has 0 bridgehead atoms. The van der Waals surface area contributed by atoms with Gasteiger partial charge in [-0.25, -0.2) is 0 Å². The van der Waals surface area contributed by atoms with Crippen molar-refractivity contribution in [2.45, 2.75) is 39.2 Å². The SMILES string of the molecule is CCC(C)c1ccc(C(N)c2scc(C)c2Cl)cc1. The molecule has 2 N–H and O–H groups in total. The first-order valence-corrected chi connectivity index (χ1v) is 7.89. The minimum Gasteiger partial charge on any atom is -0.320 e. The molecule has 2 aromatic rings. The van der Waals surface area contributed by atoms with Crippen molar-refractivity contribution in [2.24, 2.45) is 5.73 Å². The summed E-state index contributed by atoms with van der Waals surface area (Å²) in [5.41, 5.74) is 9.91. The molecule has 0 aliphatic carbocycles. The van der Waals surface area contributed by atoms with Gasteiger partial charge in [-0.05, 0) is 41.3 Å². The van der Waals surface area contributed by atoms with Crippen LogP contribution in [0.3, 0.4) is 0 Å². The summed E-state index contributed by atoms with van der Waals surface area (Å²) in [4.78, 5) is 1.05. The number of aryl methyl sites for hydroxylation is 1. The summed E-state index contributed by atoms with van der Waals surface area (Å²) in [6, 6.07) is 8.47. The lowest BCUT2D eigenvalue weighted by atomic mass is 9.96. The Morgan fingerprint density at radius 3 is 2.26 bits per heavy atom. The van der Waals surface area contributed by atoms with Crippen LogP contribution in [-0.2, 0) is 0 Å². The molecule has 0 spiro atoms. The highest BCUT2D eigenvalue weighted by Gasteiger charge is 2.16. The molecular formula is C16H20ClNS. The lowest BCUT2D eigenvalue weighted by Gasteiger charge is -2.14. The zero-order chi connectivity index (χ0) is 14.0. The predicted octanol–water partition coefficient (Wildman–Crippen LogP) is 5.27. The maximum absolute atomic E-state index is 6.32. The van der Waals surface area contributed by atoms with Crippen LogP contribution in [0.4, 0.5) is 0 Å². The normalized spacial score (nSPS) is 14.4. The van der Waals surface area contributed by atoms with Crippen molar-refractivity contribution in [3.63, 3.8) is 0 Å². The van der Waals surface area contributed by atoms with Gasteiger partial charge in [-0.15, -0.1) is 11.3 Å². The molecule has 1 nitrogen and oxygen atoms in total. The fourth-order valence-electron chi connectivity index (χ4n) is 2.08. The van der Waals surface area contributed by atoms with E-state index in [0.29, 0.717) is 5.92 Å². The largest absolute Gasteiger partial charge is 0.320 e. The summed E-state index contributed by atoms with van der Waals surface area (Å²) in [5.74, 6) is 0.595. The average Bonchev–Trinajstić information content (AvgIpc) is 2.77. The summed E-state index contributed by atoms with van der Waals surface area (Å²) in [7, 11) is 0. The van der Waals surface area contributed by atoms with Gasteiger partial charge in [0.05, 0.1) is 11.1 Å². The van der Waals surface area contributed by atoms with E-state index in [2.05, 4.69) is 43.5 Å². The van der Waals surface area contributed by atoms with Crippen LogP contribution in [0.2, 0.25) is 5.02 Å². The van der Waals surface area contributed by atoms with Crippen molar-refractivity contribution in [1.29, 1.82) is 0 Å². The maximum Gasteiger partial charge on any atom is 0.0661 e. The van der Waals surface area contributed by atoms with Crippen molar-refractivity contribution in [3.05, 3.63) is 56.2 Å². The Kier molecular flexibility index (Phi) is 4.67. The first-order valence-electron chi connectivity index (χ1n) is 6.63. The maximum atomic E-state index is 6.32. The van der Waals surface area contributed by atoms with Crippen molar-refractivity contribution in [2.75, 3.05) is 0 Å². The molecular weight excluding hydrogens is 274 g/mol. The highest BCUT2D eigenvalue weighted by Crippen LogP contribution is 2.34. The third-order valence-electron chi connectivity index (χ3n) is 3.68. The van der Waals surface area contributed by atoms with Gasteiger partial charge in [0, 0.05) is 4.88 Å². The van der Waals surface area contributed by atoms with Gasteiger partial charge in [0.2, 0.25) is 0 Å². The van der Waals surface area contributed by atoms with Crippen LogP contribution in [0.5, 0.6) is 0 Å². The number of hydrogen-bond acceptors (Lipinski definition) is 2. The second-order valence-corrected chi connectivity index (χ2v) is 6.34. The summed E-state index contributed by atoms with van der Waals surface area (Å²) < 4.78 is 0. The van der Waals surface area contributed by atoms with Gasteiger partial charge in [-0.1, -0.05) is 49.7 Å². The fourth-order valence-corrected chi connectivity index (χ4v) is 3.42. The van der Waals surface area contributed by atoms with Gasteiger partial charge < -0.3 is 5.73 Å². The minimum atomic E-state index is -0.128. The molecule has 0 aliphatic heterocycles. The Hall–Kier alpha value is -0.830. The zero-order valence-corrected chi connectivity index (χ0v) is 13.2. The van der Waals surface area contributed by atoms with E-state index in [1.807, 2.05) is 6.92 Å². The number of thiophene rings is 1. The Labute approximate surface area is 124 Å². The van der Waals surface area contributed by atoms with Crippen LogP contribution in [-0.4, -0.2) is 0 Å². The Balaban J connectivity index is 2.25. The van der Waals surface area contributed by atoms with Crippen LogP contribution in [0.25, 0.3) is 0 Å². The van der Waals surface area contributed by atoms with Gasteiger partial charge in [0.1, 0.15) is 0 Å². The molecule has 1 aromatic carbocycles. The smallest absolute Gasteiger partial charge is 0.0661 e. The van der Waals surface area contributed by atoms with Gasteiger partial charge in [-0.3, -0.25) is 0 Å². The topological polar surface area (TPSA) is 26.0 Å². The standard InChI is InChI=1S/C16H20ClNS/c1-4-10(2)12-5-7-13(8-6-12)15(18)16-14(17)11(3)9-19-16/h5-10,15H,4,18H2,1-3H3. The number of halogens is 1. The molecule has 0 saturated heterocycles. The van der Waals surface area contributed by atoms with E-state index in [-0.39, 0.29) is 6.04 Å². The third kappa shape index (κ3) is 3.02. The van der Waals surface area contributed by atoms with Crippen LogP contribution in [0.1, 0.15) is 53.8 Å². The molecule has 1 heterocycles. The highest BCUT2D eigenvalue weighted by atomic mass is 35.5. The minimum absolute atomic E-state index is 0.128. The lowest BCUT2D eigenvalue weighted by Crippen LogP contribution is -2.10. The molecule has 102 valence electrons. The Morgan fingerprint density at radius 2 is 1.79 bits per heavy atom. The predicted molar refractivity (Wildman–Crippen MR) is 85.2 cm³/mol. The van der Waals surface area contributed by atoms with Crippen molar-refractivity contribution in [1.82, 2.24) is 0 Å². The molecule has 19 heavy (non-hydrogen) atoms. The summed E-state index contributed by atoms with van der Waals surface area (Å²) in [5, 5.41) is 2.87. The number of benzene rings is 1. The molecule has 3 heteroatoms. The van der Waals surface area contributed by atoms with E-state index in [0.717, 1.165) is 27.4 Å². The van der Waals surface area contributed by atoms with Crippen molar-refractivity contribution in [3.8, 4) is 0 Å². The second-order valence-electron chi connectivity index (χ2n) is 5.05. The number of nitrogens with two attached hydrogens (primary N) is 1. The van der Waals surface area contributed by atoms with Gasteiger partial charge in [0.15, 0.2) is 0 Å². The van der Waals surface area contributed by atoms with Crippen molar-refractivity contribution >= 4 is 22.9 Å². The van der Waals surface area contributed by atoms with Gasteiger partial charge >= 0.3 is 0 Å². The number of rotatable bonds is 4. The van der Waals surface area contributed by atoms with Crippen LogP contribution in [0, 0.1) is 6.92 Å². The molecule has 1 aromatic heterocycles. The number of hydrogen-bond donors (Lipinski definition) is 1. The summed E-state index contributed by atoms with van der Waals surface area (Å²) in [6.07, 6.45) is 1.15. The third-order valence-corrected chi connectivity index (χ3v) is 5.48. The van der Waals surface area contributed by atoms with Crippen LogP contribution < -0.4 is 5.73 Å². The van der Waals surface area contributed by atoms with E-state index < -0.39 is 0 Å². The Morgan fingerprint density at radius 1 is 1.21 bits per heavy atom. The second kappa shape index (κ2) is 6.08. The van der Waals surface area contributed by atoms with Gasteiger partial charge in [-0.2, -0.15) is 0 Å². The van der Waals surface area contributed by atoms with E-state index >= 15 is 0 Å².